The Morgan fingerprint density at radius 1 is 1.19 bits per heavy atom. The smallest absolute Gasteiger partial charge is 0.254 e. The van der Waals surface area contributed by atoms with E-state index < -0.39 is 0 Å². The topological polar surface area (TPSA) is 53.5 Å². The summed E-state index contributed by atoms with van der Waals surface area (Å²) in [5, 5.41) is 0.547. The van der Waals surface area contributed by atoms with Crippen LogP contribution in [-0.4, -0.2) is 51.8 Å². The monoisotopic (exact) mass is 369 g/mol. The highest BCUT2D eigenvalue weighted by Gasteiger charge is 2.48. The van der Waals surface area contributed by atoms with Gasteiger partial charge in [-0.1, -0.05) is 23.7 Å². The third-order valence-corrected chi connectivity index (χ3v) is 5.52. The van der Waals surface area contributed by atoms with Crippen LogP contribution in [0.25, 0.3) is 0 Å². The summed E-state index contributed by atoms with van der Waals surface area (Å²) in [6.07, 6.45) is 3.73. The van der Waals surface area contributed by atoms with Crippen LogP contribution >= 0.6 is 11.6 Å². The lowest BCUT2D eigenvalue weighted by Gasteiger charge is -2.25. The van der Waals surface area contributed by atoms with E-state index >= 15 is 0 Å². The summed E-state index contributed by atoms with van der Waals surface area (Å²) in [4.78, 5) is 33.5. The second-order valence-electron chi connectivity index (χ2n) is 6.79. The number of carbonyl (C=O) groups excluding carboxylic acids is 2. The molecular formula is C20H20ClN3O2. The molecule has 0 spiro atoms. The Hall–Kier alpha value is -2.40. The molecule has 2 aliphatic rings. The predicted octanol–water partition coefficient (Wildman–Crippen LogP) is 2.79. The van der Waals surface area contributed by atoms with Crippen molar-refractivity contribution < 1.29 is 9.59 Å². The molecule has 3 heterocycles. The van der Waals surface area contributed by atoms with Crippen molar-refractivity contribution in [2.75, 3.05) is 13.1 Å². The van der Waals surface area contributed by atoms with Gasteiger partial charge in [-0.05, 0) is 36.8 Å². The molecule has 2 aromatic rings. The Balaban J connectivity index is 1.46. The summed E-state index contributed by atoms with van der Waals surface area (Å²) in [5.41, 5.74) is 1.56. The summed E-state index contributed by atoms with van der Waals surface area (Å²) < 4.78 is 0. The summed E-state index contributed by atoms with van der Waals surface area (Å²) in [7, 11) is 0. The van der Waals surface area contributed by atoms with Gasteiger partial charge in [-0.3, -0.25) is 14.6 Å². The fourth-order valence-corrected chi connectivity index (χ4v) is 4.23. The first-order chi connectivity index (χ1) is 12.6. The number of amides is 2. The largest absolute Gasteiger partial charge is 0.337 e. The molecule has 2 atom stereocenters. The van der Waals surface area contributed by atoms with Crippen LogP contribution in [0.15, 0.2) is 48.7 Å². The summed E-state index contributed by atoms with van der Waals surface area (Å²) >= 11 is 6.01. The van der Waals surface area contributed by atoms with Gasteiger partial charge < -0.3 is 9.80 Å². The van der Waals surface area contributed by atoms with E-state index in [0.29, 0.717) is 30.1 Å². The van der Waals surface area contributed by atoms with Crippen LogP contribution in [0.4, 0.5) is 0 Å². The molecule has 26 heavy (non-hydrogen) atoms. The number of benzene rings is 1. The lowest BCUT2D eigenvalue weighted by Crippen LogP contribution is -2.40. The van der Waals surface area contributed by atoms with Gasteiger partial charge in [0, 0.05) is 48.4 Å². The number of pyridine rings is 1. The molecule has 2 amide bonds. The molecule has 5 nitrogen and oxygen atoms in total. The normalized spacial score (nSPS) is 22.0. The highest BCUT2D eigenvalue weighted by molar-refractivity contribution is 6.30. The van der Waals surface area contributed by atoms with Crippen molar-refractivity contribution in [1.82, 2.24) is 14.8 Å². The van der Waals surface area contributed by atoms with E-state index in [1.165, 1.54) is 0 Å². The minimum absolute atomic E-state index is 0.0422. The fraction of sp³-hybridized carbons (Fsp3) is 0.350. The van der Waals surface area contributed by atoms with Gasteiger partial charge in [-0.25, -0.2) is 0 Å². The molecule has 6 heteroatoms. The van der Waals surface area contributed by atoms with Crippen LogP contribution in [0.3, 0.4) is 0 Å². The van der Waals surface area contributed by atoms with E-state index in [1.54, 1.807) is 30.5 Å². The van der Waals surface area contributed by atoms with Gasteiger partial charge >= 0.3 is 0 Å². The van der Waals surface area contributed by atoms with Crippen molar-refractivity contribution in [3.63, 3.8) is 0 Å². The maximum absolute atomic E-state index is 12.9. The molecule has 2 aliphatic heterocycles. The highest BCUT2D eigenvalue weighted by Crippen LogP contribution is 2.33. The van der Waals surface area contributed by atoms with Gasteiger partial charge in [0.25, 0.3) is 5.91 Å². The van der Waals surface area contributed by atoms with Crippen LogP contribution in [0.5, 0.6) is 0 Å². The number of likely N-dealkylation sites (tertiary alicyclic amines) is 2. The molecular weight excluding hydrogens is 350 g/mol. The van der Waals surface area contributed by atoms with Crippen molar-refractivity contribution >= 4 is 23.4 Å². The summed E-state index contributed by atoms with van der Waals surface area (Å²) in [6.45, 7) is 1.32. The zero-order valence-corrected chi connectivity index (χ0v) is 15.1. The molecule has 1 aromatic carbocycles. The van der Waals surface area contributed by atoms with E-state index in [0.717, 1.165) is 18.5 Å². The van der Waals surface area contributed by atoms with Gasteiger partial charge in [-0.2, -0.15) is 0 Å². The van der Waals surface area contributed by atoms with E-state index in [1.807, 2.05) is 28.0 Å². The predicted molar refractivity (Wildman–Crippen MR) is 99.0 cm³/mol. The van der Waals surface area contributed by atoms with Gasteiger partial charge in [-0.15, -0.1) is 0 Å². The Morgan fingerprint density at radius 2 is 2.08 bits per heavy atom. The van der Waals surface area contributed by atoms with Crippen molar-refractivity contribution in [3.8, 4) is 0 Å². The molecule has 0 saturated carbocycles. The van der Waals surface area contributed by atoms with Crippen molar-refractivity contribution in [1.29, 1.82) is 0 Å². The van der Waals surface area contributed by atoms with Crippen molar-refractivity contribution in [3.05, 3.63) is 64.9 Å². The molecule has 0 radical (unpaired) electrons. The lowest BCUT2D eigenvalue weighted by atomic mass is 10.1. The maximum atomic E-state index is 12.9. The molecule has 0 bridgehead atoms. The number of halogens is 1. The third-order valence-electron chi connectivity index (χ3n) is 5.28. The Bertz CT molecular complexity index is 827. The van der Waals surface area contributed by atoms with E-state index in [-0.39, 0.29) is 23.9 Å². The number of hydrogen-bond acceptors (Lipinski definition) is 3. The van der Waals surface area contributed by atoms with Crippen LogP contribution in [-0.2, 0) is 11.2 Å². The van der Waals surface area contributed by atoms with Gasteiger partial charge in [0.05, 0.1) is 12.1 Å². The molecule has 4 rings (SSSR count). The van der Waals surface area contributed by atoms with Crippen LogP contribution in [0.1, 0.15) is 28.9 Å². The number of hydrogen-bond donors (Lipinski definition) is 0. The molecule has 0 N–H and O–H groups in total. The molecule has 2 fully saturated rings. The number of carbonyl (C=O) groups is 2. The molecule has 0 aliphatic carbocycles. The van der Waals surface area contributed by atoms with Crippen molar-refractivity contribution in [2.24, 2.45) is 0 Å². The molecule has 2 saturated heterocycles. The van der Waals surface area contributed by atoms with E-state index in [4.69, 9.17) is 11.6 Å². The first-order valence-corrected chi connectivity index (χ1v) is 9.27. The Morgan fingerprint density at radius 3 is 2.85 bits per heavy atom. The van der Waals surface area contributed by atoms with Gasteiger partial charge in [0.1, 0.15) is 0 Å². The van der Waals surface area contributed by atoms with Gasteiger partial charge in [0.2, 0.25) is 5.91 Å². The number of aromatic nitrogens is 1. The highest BCUT2D eigenvalue weighted by atomic mass is 35.5. The number of nitrogens with zero attached hydrogens (tertiary/aromatic N) is 3. The fourth-order valence-electron chi connectivity index (χ4n) is 4.04. The van der Waals surface area contributed by atoms with E-state index in [9.17, 15) is 9.59 Å². The maximum Gasteiger partial charge on any atom is 0.254 e. The minimum atomic E-state index is -0.0438. The average molecular weight is 370 g/mol. The SMILES string of the molecule is O=C1C[C@H]2[C@H](CCN2C(=O)c2cccc(Cl)c2)N1CCc1ccccn1. The second kappa shape index (κ2) is 7.08. The molecule has 1 aromatic heterocycles. The van der Waals surface area contributed by atoms with Crippen LogP contribution in [0, 0.1) is 0 Å². The number of fused-ring (bicyclic) bond motifs is 1. The first-order valence-electron chi connectivity index (χ1n) is 8.89. The number of rotatable bonds is 4. The standard InChI is InChI=1S/C20H20ClN3O2/c21-15-5-3-4-14(12-15)20(26)24-11-8-17-18(24)13-19(25)23(17)10-7-16-6-1-2-9-22-16/h1-6,9,12,17-18H,7-8,10-11,13H2/t17-,18-/m0/s1. The third kappa shape index (κ3) is 3.19. The average Bonchev–Trinajstić information content (AvgIpc) is 3.18. The van der Waals surface area contributed by atoms with Crippen LogP contribution < -0.4 is 0 Å². The second-order valence-corrected chi connectivity index (χ2v) is 7.23. The Labute approximate surface area is 157 Å². The summed E-state index contributed by atoms with van der Waals surface area (Å²) in [6, 6.07) is 12.9. The molecule has 134 valence electrons. The van der Waals surface area contributed by atoms with Crippen LogP contribution in [0.2, 0.25) is 5.02 Å². The van der Waals surface area contributed by atoms with E-state index in [2.05, 4.69) is 4.98 Å². The zero-order valence-electron chi connectivity index (χ0n) is 14.3. The first kappa shape index (κ1) is 17.0. The minimum Gasteiger partial charge on any atom is -0.337 e. The zero-order chi connectivity index (χ0) is 18.1. The summed E-state index contributed by atoms with van der Waals surface area (Å²) in [5.74, 6) is 0.0823. The Kier molecular flexibility index (Phi) is 4.64. The molecule has 0 unspecified atom stereocenters. The lowest BCUT2D eigenvalue weighted by molar-refractivity contribution is -0.129. The quantitative estimate of drug-likeness (QED) is 0.832. The van der Waals surface area contributed by atoms with Gasteiger partial charge in [0.15, 0.2) is 0 Å². The van der Waals surface area contributed by atoms with Crippen molar-refractivity contribution in [2.45, 2.75) is 31.3 Å².